The van der Waals surface area contributed by atoms with Crippen LogP contribution >= 0.6 is 0 Å². The van der Waals surface area contributed by atoms with Crippen LogP contribution in [0.5, 0.6) is 5.75 Å². The van der Waals surface area contributed by atoms with Gasteiger partial charge < -0.3 is 14.4 Å². The Bertz CT molecular complexity index is 1020. The topological polar surface area (TPSA) is 99.0 Å². The average molecular weight is 501 g/mol. The highest BCUT2D eigenvalue weighted by molar-refractivity contribution is 5.88. The van der Waals surface area contributed by atoms with E-state index in [4.69, 9.17) is 9.47 Å². The van der Waals surface area contributed by atoms with Crippen molar-refractivity contribution < 1.29 is 24.0 Å². The van der Waals surface area contributed by atoms with Gasteiger partial charge in [0.2, 0.25) is 11.9 Å². The van der Waals surface area contributed by atoms with E-state index in [-0.39, 0.29) is 23.4 Å². The molecule has 4 rings (SSSR count). The summed E-state index contributed by atoms with van der Waals surface area (Å²) in [6.07, 6.45) is 5.10. The fourth-order valence-corrected chi connectivity index (χ4v) is 6.65. The van der Waals surface area contributed by atoms with Crippen molar-refractivity contribution in [3.8, 4) is 5.75 Å². The number of rotatable bonds is 5. The van der Waals surface area contributed by atoms with Crippen LogP contribution in [0.4, 0.5) is 0 Å². The highest BCUT2D eigenvalue weighted by Crippen LogP contribution is 2.53. The van der Waals surface area contributed by atoms with E-state index in [0.29, 0.717) is 17.7 Å². The third kappa shape index (κ3) is 4.71. The molecular weight excluding hydrogens is 460 g/mol. The number of hydrogen-bond donors (Lipinski definition) is 0. The maximum atomic E-state index is 14.2. The number of carbonyl (C=O) groups excluding carboxylic acids is 2. The Hall–Kier alpha value is -2.64. The number of amides is 1. The summed E-state index contributed by atoms with van der Waals surface area (Å²) in [4.78, 5) is 41.8. The summed E-state index contributed by atoms with van der Waals surface area (Å²) < 4.78 is 11.8. The van der Waals surface area contributed by atoms with Gasteiger partial charge in [-0.15, -0.1) is 0 Å². The second kappa shape index (κ2) is 9.67. The molecule has 8 nitrogen and oxygen atoms in total. The lowest BCUT2D eigenvalue weighted by Gasteiger charge is -2.35. The summed E-state index contributed by atoms with van der Waals surface area (Å²) in [5.74, 6) is -1.11. The zero-order valence-electron chi connectivity index (χ0n) is 22.4. The van der Waals surface area contributed by atoms with Gasteiger partial charge in [-0.1, -0.05) is 58.2 Å². The zero-order valence-corrected chi connectivity index (χ0v) is 22.4. The zero-order chi connectivity index (χ0) is 26.4. The van der Waals surface area contributed by atoms with Gasteiger partial charge in [-0.05, 0) is 44.6 Å². The molecule has 2 fully saturated rings. The number of hydrogen-bond acceptors (Lipinski definition) is 6. The Morgan fingerprint density at radius 3 is 2.44 bits per heavy atom. The van der Waals surface area contributed by atoms with Gasteiger partial charge in [-0.2, -0.15) is 0 Å². The normalized spacial score (nSPS) is 27.9. The van der Waals surface area contributed by atoms with Gasteiger partial charge in [0.1, 0.15) is 23.4 Å². The Kier molecular flexibility index (Phi) is 7.10. The van der Waals surface area contributed by atoms with Crippen LogP contribution < -0.4 is 4.74 Å². The lowest BCUT2D eigenvalue weighted by molar-refractivity contribution is -0.536. The lowest BCUT2D eigenvalue weighted by Crippen LogP contribution is -2.50. The van der Waals surface area contributed by atoms with E-state index in [2.05, 4.69) is 0 Å². The third-order valence-corrected chi connectivity index (χ3v) is 8.05. The molecule has 8 heteroatoms. The molecule has 1 saturated carbocycles. The quantitative estimate of drug-likeness (QED) is 0.317. The van der Waals surface area contributed by atoms with Crippen molar-refractivity contribution in [2.24, 2.45) is 17.3 Å². The van der Waals surface area contributed by atoms with Gasteiger partial charge in [0.25, 0.3) is 0 Å². The van der Waals surface area contributed by atoms with Crippen molar-refractivity contribution in [3.63, 3.8) is 0 Å². The number of ether oxygens (including phenoxy) is 2. The summed E-state index contributed by atoms with van der Waals surface area (Å²) >= 11 is 0. The van der Waals surface area contributed by atoms with Crippen molar-refractivity contribution in [1.29, 1.82) is 0 Å². The van der Waals surface area contributed by atoms with Crippen LogP contribution in [-0.2, 0) is 20.7 Å². The van der Waals surface area contributed by atoms with E-state index in [1.54, 1.807) is 11.8 Å². The van der Waals surface area contributed by atoms with E-state index >= 15 is 0 Å². The molecule has 1 amide bonds. The van der Waals surface area contributed by atoms with Crippen LogP contribution in [0.2, 0.25) is 0 Å². The van der Waals surface area contributed by atoms with Crippen LogP contribution in [0, 0.1) is 27.4 Å². The van der Waals surface area contributed by atoms with Crippen molar-refractivity contribution in [1.82, 2.24) is 4.90 Å². The maximum absolute atomic E-state index is 14.2. The molecular formula is C28H40N2O6. The molecule has 1 aromatic carbocycles. The van der Waals surface area contributed by atoms with Crippen LogP contribution in [0.25, 0.3) is 0 Å². The molecule has 2 heterocycles. The summed E-state index contributed by atoms with van der Waals surface area (Å²) in [6.45, 7) is 11.5. The Morgan fingerprint density at radius 1 is 1.19 bits per heavy atom. The van der Waals surface area contributed by atoms with Gasteiger partial charge in [0.05, 0.1) is 12.5 Å². The van der Waals surface area contributed by atoms with Gasteiger partial charge in [0, 0.05) is 22.8 Å². The Morgan fingerprint density at radius 2 is 1.86 bits per heavy atom. The number of carbonyl (C=O) groups is 2. The predicted octanol–water partition coefficient (Wildman–Crippen LogP) is 5.10. The Labute approximate surface area is 213 Å². The molecule has 0 spiro atoms. The van der Waals surface area contributed by atoms with E-state index in [0.717, 1.165) is 37.7 Å². The van der Waals surface area contributed by atoms with Crippen molar-refractivity contribution >= 4 is 11.9 Å². The van der Waals surface area contributed by atoms with E-state index in [1.807, 2.05) is 52.8 Å². The van der Waals surface area contributed by atoms with Crippen molar-refractivity contribution in [2.45, 2.75) is 104 Å². The van der Waals surface area contributed by atoms with Crippen molar-refractivity contribution in [2.75, 3.05) is 6.61 Å². The molecule has 0 unspecified atom stereocenters. The summed E-state index contributed by atoms with van der Waals surface area (Å²) in [7, 11) is 0. The first-order chi connectivity index (χ1) is 16.9. The van der Waals surface area contributed by atoms with Gasteiger partial charge in [-0.25, -0.2) is 4.79 Å². The summed E-state index contributed by atoms with van der Waals surface area (Å²) in [5.41, 5.74) is 0.498. The van der Waals surface area contributed by atoms with Crippen LogP contribution in [0.1, 0.15) is 90.8 Å². The number of para-hydroxylation sites is 1. The summed E-state index contributed by atoms with van der Waals surface area (Å²) in [6, 6.07) is 2.55. The first-order valence-corrected chi connectivity index (χ1v) is 13.3. The maximum Gasteiger partial charge on any atom is 0.329 e. The monoisotopic (exact) mass is 500 g/mol. The smallest absolute Gasteiger partial charge is 0.329 e. The van der Waals surface area contributed by atoms with E-state index < -0.39 is 41.0 Å². The van der Waals surface area contributed by atoms with Gasteiger partial charge >= 0.3 is 5.97 Å². The first kappa shape index (κ1) is 26.4. The molecule has 4 atom stereocenters. The van der Waals surface area contributed by atoms with Crippen LogP contribution in [0.3, 0.4) is 0 Å². The average Bonchev–Trinajstić information content (AvgIpc) is 3.33. The third-order valence-electron chi connectivity index (χ3n) is 8.05. The molecule has 0 N–H and O–H groups in total. The first-order valence-electron chi connectivity index (χ1n) is 13.3. The standard InChI is InChI=1S/C28H40N2O6/c1-7-35-26(32)23-20(27(2,3)4)22(30(33)34)21(29(23)25(31)17-12-9-8-10-13-17)19-15-11-14-18-16-28(5,6)36-24(18)19/h11,14-15,17,20-23H,7-10,12-13,16H2,1-6H3/t20-,21-,22-,23-/m0/s1. The fraction of sp³-hybridized carbons (Fsp3) is 0.714. The number of nitro groups is 1. The number of nitrogens with zero attached hydrogens (tertiary/aromatic N) is 2. The molecule has 0 radical (unpaired) electrons. The van der Waals surface area contributed by atoms with Crippen LogP contribution in [0.15, 0.2) is 18.2 Å². The van der Waals surface area contributed by atoms with E-state index in [9.17, 15) is 19.7 Å². The predicted molar refractivity (Wildman–Crippen MR) is 135 cm³/mol. The second-order valence-corrected chi connectivity index (χ2v) is 12.3. The molecule has 1 saturated heterocycles. The number of esters is 1. The molecule has 3 aliphatic rings. The largest absolute Gasteiger partial charge is 0.487 e. The fourth-order valence-electron chi connectivity index (χ4n) is 6.65. The van der Waals surface area contributed by atoms with E-state index in [1.165, 1.54) is 0 Å². The molecule has 198 valence electrons. The highest BCUT2D eigenvalue weighted by Gasteiger charge is 2.65. The number of benzene rings is 1. The highest BCUT2D eigenvalue weighted by atomic mass is 16.6. The molecule has 1 aromatic rings. The molecule has 1 aliphatic carbocycles. The molecule has 36 heavy (non-hydrogen) atoms. The van der Waals surface area contributed by atoms with Crippen molar-refractivity contribution in [3.05, 3.63) is 39.4 Å². The second-order valence-electron chi connectivity index (χ2n) is 12.3. The number of likely N-dealkylation sites (tertiary alicyclic amines) is 1. The Balaban J connectivity index is 1.93. The minimum Gasteiger partial charge on any atom is -0.487 e. The SMILES string of the molecule is CCOC(=O)[C@@H]1[C@@H](C(C)(C)C)[C@H]([N+](=O)[O-])[C@H](c2cccc3c2OC(C)(C)C3)N1C(=O)C1CCCCC1. The van der Waals surface area contributed by atoms with Gasteiger partial charge in [0.15, 0.2) is 0 Å². The molecule has 2 aliphatic heterocycles. The lowest BCUT2D eigenvalue weighted by atomic mass is 9.72. The number of fused-ring (bicyclic) bond motifs is 1. The minimum atomic E-state index is -1.18. The molecule has 0 aromatic heterocycles. The summed E-state index contributed by atoms with van der Waals surface area (Å²) in [5, 5.41) is 12.8. The van der Waals surface area contributed by atoms with Gasteiger partial charge in [-0.3, -0.25) is 14.9 Å². The minimum absolute atomic E-state index is 0.142. The van der Waals surface area contributed by atoms with Crippen LogP contribution in [-0.4, -0.2) is 46.0 Å². The molecule has 0 bridgehead atoms.